The van der Waals surface area contributed by atoms with Gasteiger partial charge in [0, 0.05) is 6.42 Å². The predicted molar refractivity (Wildman–Crippen MR) is 121 cm³/mol. The van der Waals surface area contributed by atoms with Crippen LogP contribution in [0.1, 0.15) is 39.7 Å². The van der Waals surface area contributed by atoms with Gasteiger partial charge in [0.2, 0.25) is 0 Å². The molecule has 31 heavy (non-hydrogen) atoms. The molecule has 0 spiro atoms. The molecule has 0 radical (unpaired) electrons. The summed E-state index contributed by atoms with van der Waals surface area (Å²) in [5.74, 6) is -5.92. The molecule has 2 rings (SSSR count). The van der Waals surface area contributed by atoms with Gasteiger partial charge in [-0.1, -0.05) is 51.1 Å². The predicted octanol–water partition coefficient (Wildman–Crippen LogP) is 8.07. The third-order valence-electron chi connectivity index (χ3n) is 6.04. The van der Waals surface area contributed by atoms with Crippen molar-refractivity contribution in [2.75, 3.05) is 6.61 Å². The van der Waals surface area contributed by atoms with Gasteiger partial charge in [0.1, 0.15) is 5.60 Å². The summed E-state index contributed by atoms with van der Waals surface area (Å²) in [6.07, 6.45) is -0.759. The van der Waals surface area contributed by atoms with E-state index in [4.69, 9.17) is 9.16 Å². The highest BCUT2D eigenvalue weighted by molar-refractivity contribution is 9.10. The van der Waals surface area contributed by atoms with Crippen molar-refractivity contribution in [2.24, 2.45) is 0 Å². The van der Waals surface area contributed by atoms with Gasteiger partial charge >= 0.3 is 0 Å². The summed E-state index contributed by atoms with van der Waals surface area (Å²) in [6.45, 7) is 6.77. The maximum atomic E-state index is 15.7. The van der Waals surface area contributed by atoms with E-state index in [2.05, 4.69) is 15.9 Å². The van der Waals surface area contributed by atoms with Crippen LogP contribution < -0.4 is 4.74 Å². The van der Waals surface area contributed by atoms with Gasteiger partial charge in [-0.3, -0.25) is 0 Å². The van der Waals surface area contributed by atoms with Crippen molar-refractivity contribution in [1.82, 2.24) is 0 Å². The second-order valence-electron chi connectivity index (χ2n) is 7.72. The first-order valence-corrected chi connectivity index (χ1v) is 13.8. The third-order valence-corrected chi connectivity index (χ3v) is 11.4. The molecule has 1 unspecified atom stereocenters. The van der Waals surface area contributed by atoms with Gasteiger partial charge < -0.3 is 9.16 Å². The fourth-order valence-electron chi connectivity index (χ4n) is 3.66. The first-order chi connectivity index (χ1) is 14.6. The summed E-state index contributed by atoms with van der Waals surface area (Å²) in [5.41, 5.74) is -1.52. The Morgan fingerprint density at radius 3 is 2.06 bits per heavy atom. The van der Waals surface area contributed by atoms with Gasteiger partial charge in [-0.2, -0.15) is 0 Å². The van der Waals surface area contributed by atoms with Crippen LogP contribution in [0, 0.1) is 11.6 Å². The van der Waals surface area contributed by atoms with Crippen LogP contribution in [0.15, 0.2) is 46.9 Å². The maximum absolute atomic E-state index is 15.7. The number of benzene rings is 2. The first kappa shape index (κ1) is 25.9. The van der Waals surface area contributed by atoms with Gasteiger partial charge in [-0.25, -0.2) is 17.6 Å². The zero-order chi connectivity index (χ0) is 23.3. The Balaban J connectivity index is 2.33. The normalized spacial score (nSPS) is 14.4. The molecule has 0 bridgehead atoms. The number of ether oxygens (including phenoxy) is 1. The molecular weight excluding hydrogens is 492 g/mol. The number of halogens is 5. The third kappa shape index (κ3) is 5.52. The summed E-state index contributed by atoms with van der Waals surface area (Å²) in [6, 6.07) is 12.7. The quantitative estimate of drug-likeness (QED) is 0.169. The van der Waals surface area contributed by atoms with E-state index < -0.39 is 50.3 Å². The average molecular weight is 521 g/mol. The standard InChI is InChI=1S/C23H29BrF4O2Si/c1-5-31(6-2,7-3)30-22(4,17-11-9-8-10-12-17)23(27,28)15-16-29-21-19(25)14-13-18(24)20(21)26/h8-14H,5-7,15-16H2,1-4H3. The monoisotopic (exact) mass is 520 g/mol. The molecule has 0 aliphatic carbocycles. The molecule has 0 aromatic heterocycles. The number of hydrogen-bond donors (Lipinski definition) is 0. The molecule has 0 aliphatic rings. The van der Waals surface area contributed by atoms with Crippen LogP contribution in [0.3, 0.4) is 0 Å². The molecule has 0 saturated carbocycles. The molecule has 0 saturated heterocycles. The maximum Gasteiger partial charge on any atom is 0.282 e. The Morgan fingerprint density at radius 1 is 0.935 bits per heavy atom. The van der Waals surface area contributed by atoms with E-state index in [9.17, 15) is 8.78 Å². The zero-order valence-corrected chi connectivity index (χ0v) is 20.9. The van der Waals surface area contributed by atoms with Crippen molar-refractivity contribution >= 4 is 24.2 Å². The van der Waals surface area contributed by atoms with Crippen LogP contribution in [0.25, 0.3) is 0 Å². The smallest absolute Gasteiger partial charge is 0.282 e. The molecule has 8 heteroatoms. The van der Waals surface area contributed by atoms with Crippen LogP contribution in [0.4, 0.5) is 17.6 Å². The van der Waals surface area contributed by atoms with Crippen LogP contribution in [-0.2, 0) is 10.0 Å². The molecule has 0 amide bonds. The summed E-state index contributed by atoms with van der Waals surface area (Å²) in [4.78, 5) is 0. The highest BCUT2D eigenvalue weighted by atomic mass is 79.9. The Bertz CT molecular complexity index is 854. The summed E-state index contributed by atoms with van der Waals surface area (Å²) in [5, 5.41) is 0. The SMILES string of the molecule is CC[Si](CC)(CC)OC(C)(c1ccccc1)C(F)(F)CCOc1c(F)ccc(Br)c1F. The molecule has 0 N–H and O–H groups in total. The minimum atomic E-state index is -3.34. The summed E-state index contributed by atoms with van der Waals surface area (Å²) in [7, 11) is -2.42. The average Bonchev–Trinajstić information content (AvgIpc) is 2.77. The lowest BCUT2D eigenvalue weighted by Gasteiger charge is -2.45. The molecule has 2 aromatic carbocycles. The molecule has 1 atom stereocenters. The van der Waals surface area contributed by atoms with Crippen molar-refractivity contribution in [3.63, 3.8) is 0 Å². The largest absolute Gasteiger partial charge is 0.487 e. The molecule has 0 aliphatic heterocycles. The van der Waals surface area contributed by atoms with E-state index in [-0.39, 0.29) is 4.47 Å². The topological polar surface area (TPSA) is 18.5 Å². The molecule has 2 aromatic rings. The van der Waals surface area contributed by atoms with Crippen LogP contribution in [-0.4, -0.2) is 20.8 Å². The Hall–Kier alpha value is -1.38. The van der Waals surface area contributed by atoms with Crippen molar-refractivity contribution in [3.05, 3.63) is 64.1 Å². The fraction of sp³-hybridized carbons (Fsp3) is 0.478. The second kappa shape index (κ2) is 10.5. The van der Waals surface area contributed by atoms with Gasteiger partial charge in [0.25, 0.3) is 5.92 Å². The molecule has 2 nitrogen and oxygen atoms in total. The highest BCUT2D eigenvalue weighted by Crippen LogP contribution is 2.46. The van der Waals surface area contributed by atoms with E-state index in [0.717, 1.165) is 6.07 Å². The van der Waals surface area contributed by atoms with Gasteiger partial charge in [0.15, 0.2) is 25.7 Å². The Labute approximate surface area is 191 Å². The van der Waals surface area contributed by atoms with Crippen molar-refractivity contribution in [1.29, 1.82) is 0 Å². The van der Waals surface area contributed by atoms with Gasteiger partial charge in [-0.05, 0) is 58.7 Å². The van der Waals surface area contributed by atoms with E-state index in [1.807, 2.05) is 20.8 Å². The van der Waals surface area contributed by atoms with Crippen molar-refractivity contribution < 1.29 is 26.7 Å². The van der Waals surface area contributed by atoms with Crippen LogP contribution >= 0.6 is 15.9 Å². The number of rotatable bonds is 11. The summed E-state index contributed by atoms with van der Waals surface area (Å²) >= 11 is 2.95. The number of hydrogen-bond acceptors (Lipinski definition) is 2. The lowest BCUT2D eigenvalue weighted by Crippen LogP contribution is -2.53. The molecular formula is C23H29BrF4O2Si. The lowest BCUT2D eigenvalue weighted by molar-refractivity contribution is -0.175. The van der Waals surface area contributed by atoms with Crippen molar-refractivity contribution in [2.45, 2.75) is 63.8 Å². The minimum absolute atomic E-state index is 0.00209. The molecule has 172 valence electrons. The molecule has 0 heterocycles. The minimum Gasteiger partial charge on any atom is -0.487 e. The first-order valence-electron chi connectivity index (χ1n) is 10.5. The highest BCUT2D eigenvalue weighted by Gasteiger charge is 2.55. The van der Waals surface area contributed by atoms with Crippen LogP contribution in [0.5, 0.6) is 5.75 Å². The van der Waals surface area contributed by atoms with Crippen molar-refractivity contribution in [3.8, 4) is 5.75 Å². The van der Waals surface area contributed by atoms with E-state index in [0.29, 0.717) is 23.7 Å². The van der Waals surface area contributed by atoms with E-state index in [1.54, 1.807) is 30.3 Å². The number of alkyl halides is 2. The van der Waals surface area contributed by atoms with Gasteiger partial charge in [-0.15, -0.1) is 0 Å². The molecule has 0 fully saturated rings. The van der Waals surface area contributed by atoms with E-state index in [1.165, 1.54) is 13.0 Å². The zero-order valence-electron chi connectivity index (χ0n) is 18.3. The Morgan fingerprint density at radius 2 is 1.52 bits per heavy atom. The fourth-order valence-corrected chi connectivity index (χ4v) is 7.04. The lowest BCUT2D eigenvalue weighted by atomic mass is 9.87. The summed E-state index contributed by atoms with van der Waals surface area (Å²) < 4.78 is 70.9. The van der Waals surface area contributed by atoms with Crippen LogP contribution in [0.2, 0.25) is 18.1 Å². The second-order valence-corrected chi connectivity index (χ2v) is 13.3. The Kier molecular flexibility index (Phi) is 8.75. The van der Waals surface area contributed by atoms with E-state index >= 15 is 8.78 Å². The van der Waals surface area contributed by atoms with Gasteiger partial charge in [0.05, 0.1) is 11.1 Å².